The molecular formula is C11H17N5O. The Morgan fingerprint density at radius 1 is 1.53 bits per heavy atom. The molecule has 0 aromatic carbocycles. The molecule has 2 aromatic heterocycles. The normalized spacial score (nSPS) is 14.8. The van der Waals surface area contributed by atoms with Gasteiger partial charge in [0.2, 0.25) is 11.7 Å². The SMILES string of the molecule is CCCC(C)(N)c1nc(-c2cnn(C)c2)no1. The highest BCUT2D eigenvalue weighted by atomic mass is 16.5. The topological polar surface area (TPSA) is 82.8 Å². The van der Waals surface area contributed by atoms with Crippen LogP contribution >= 0.6 is 0 Å². The highest BCUT2D eigenvalue weighted by Crippen LogP contribution is 2.24. The van der Waals surface area contributed by atoms with Crippen molar-refractivity contribution in [2.75, 3.05) is 0 Å². The van der Waals surface area contributed by atoms with E-state index in [0.717, 1.165) is 18.4 Å². The number of hydrogen-bond donors (Lipinski definition) is 1. The summed E-state index contributed by atoms with van der Waals surface area (Å²) >= 11 is 0. The lowest BCUT2D eigenvalue weighted by molar-refractivity contribution is 0.284. The van der Waals surface area contributed by atoms with Crippen molar-refractivity contribution in [1.29, 1.82) is 0 Å². The lowest BCUT2D eigenvalue weighted by Crippen LogP contribution is -2.33. The van der Waals surface area contributed by atoms with Crippen molar-refractivity contribution in [2.45, 2.75) is 32.2 Å². The molecule has 0 amide bonds. The summed E-state index contributed by atoms with van der Waals surface area (Å²) in [7, 11) is 1.84. The molecule has 0 fully saturated rings. The monoisotopic (exact) mass is 235 g/mol. The van der Waals surface area contributed by atoms with Gasteiger partial charge in [0.25, 0.3) is 0 Å². The number of hydrogen-bond acceptors (Lipinski definition) is 5. The second kappa shape index (κ2) is 4.29. The molecule has 6 nitrogen and oxygen atoms in total. The van der Waals surface area contributed by atoms with Gasteiger partial charge in [-0.3, -0.25) is 4.68 Å². The van der Waals surface area contributed by atoms with Crippen LogP contribution in [0.2, 0.25) is 0 Å². The first-order valence-corrected chi connectivity index (χ1v) is 5.65. The summed E-state index contributed by atoms with van der Waals surface area (Å²) in [6, 6.07) is 0. The van der Waals surface area contributed by atoms with Gasteiger partial charge < -0.3 is 10.3 Å². The van der Waals surface area contributed by atoms with Gasteiger partial charge in [-0.2, -0.15) is 10.1 Å². The molecule has 6 heteroatoms. The molecule has 1 atom stereocenters. The Labute approximate surface area is 99.8 Å². The zero-order valence-corrected chi connectivity index (χ0v) is 10.3. The average Bonchev–Trinajstić information content (AvgIpc) is 2.85. The van der Waals surface area contributed by atoms with E-state index < -0.39 is 5.54 Å². The molecule has 0 bridgehead atoms. The van der Waals surface area contributed by atoms with Crippen LogP contribution in [0.1, 0.15) is 32.6 Å². The number of aryl methyl sites for hydroxylation is 1. The second-order valence-corrected chi connectivity index (χ2v) is 4.49. The minimum atomic E-state index is -0.567. The largest absolute Gasteiger partial charge is 0.337 e. The van der Waals surface area contributed by atoms with E-state index in [-0.39, 0.29) is 0 Å². The van der Waals surface area contributed by atoms with E-state index >= 15 is 0 Å². The first-order valence-electron chi connectivity index (χ1n) is 5.65. The predicted octanol–water partition coefficient (Wildman–Crippen LogP) is 1.44. The van der Waals surface area contributed by atoms with Gasteiger partial charge >= 0.3 is 0 Å². The van der Waals surface area contributed by atoms with Crippen molar-refractivity contribution in [1.82, 2.24) is 19.9 Å². The van der Waals surface area contributed by atoms with Crippen molar-refractivity contribution < 1.29 is 4.52 Å². The fourth-order valence-corrected chi connectivity index (χ4v) is 1.74. The summed E-state index contributed by atoms with van der Waals surface area (Å²) in [6.45, 7) is 3.97. The molecule has 17 heavy (non-hydrogen) atoms. The summed E-state index contributed by atoms with van der Waals surface area (Å²) in [4.78, 5) is 4.33. The lowest BCUT2D eigenvalue weighted by Gasteiger charge is -2.18. The van der Waals surface area contributed by atoms with E-state index in [1.807, 2.05) is 20.2 Å². The molecule has 1 unspecified atom stereocenters. The van der Waals surface area contributed by atoms with Crippen LogP contribution in [0.25, 0.3) is 11.4 Å². The Balaban J connectivity index is 2.27. The quantitative estimate of drug-likeness (QED) is 0.867. The third kappa shape index (κ3) is 2.36. The highest BCUT2D eigenvalue weighted by molar-refractivity contribution is 5.51. The van der Waals surface area contributed by atoms with E-state index in [2.05, 4.69) is 22.2 Å². The molecule has 0 spiro atoms. The molecule has 2 N–H and O–H groups in total. The van der Waals surface area contributed by atoms with Crippen LogP contribution in [0.15, 0.2) is 16.9 Å². The predicted molar refractivity (Wildman–Crippen MR) is 62.9 cm³/mol. The van der Waals surface area contributed by atoms with E-state index in [0.29, 0.717) is 11.7 Å². The molecule has 0 saturated heterocycles. The van der Waals surface area contributed by atoms with Crippen molar-refractivity contribution >= 4 is 0 Å². The zero-order chi connectivity index (χ0) is 12.5. The summed E-state index contributed by atoms with van der Waals surface area (Å²) < 4.78 is 6.92. The first kappa shape index (κ1) is 11.8. The third-order valence-corrected chi connectivity index (χ3v) is 2.65. The number of rotatable bonds is 4. The first-order chi connectivity index (χ1) is 8.03. The Bertz CT molecular complexity index is 499. The molecule has 0 saturated carbocycles. The molecule has 2 rings (SSSR count). The smallest absolute Gasteiger partial charge is 0.246 e. The van der Waals surface area contributed by atoms with Gasteiger partial charge in [0.1, 0.15) is 0 Å². The van der Waals surface area contributed by atoms with E-state index in [1.54, 1.807) is 10.9 Å². The van der Waals surface area contributed by atoms with Gasteiger partial charge in [0.05, 0.1) is 17.3 Å². The molecule has 0 aliphatic carbocycles. The fourth-order valence-electron chi connectivity index (χ4n) is 1.74. The van der Waals surface area contributed by atoms with Crippen LogP contribution in [0.3, 0.4) is 0 Å². The van der Waals surface area contributed by atoms with E-state index in [1.165, 1.54) is 0 Å². The van der Waals surface area contributed by atoms with Crippen molar-refractivity contribution in [2.24, 2.45) is 12.8 Å². The fraction of sp³-hybridized carbons (Fsp3) is 0.545. The number of nitrogens with zero attached hydrogens (tertiary/aromatic N) is 4. The van der Waals surface area contributed by atoms with Crippen LogP contribution in [0.5, 0.6) is 0 Å². The van der Waals surface area contributed by atoms with Gasteiger partial charge in [0, 0.05) is 13.2 Å². The van der Waals surface area contributed by atoms with Crippen LogP contribution < -0.4 is 5.73 Å². The Morgan fingerprint density at radius 3 is 2.88 bits per heavy atom. The molecule has 0 radical (unpaired) electrons. The standard InChI is InChI=1S/C11H17N5O/c1-4-5-11(2,12)10-14-9(15-17-10)8-6-13-16(3)7-8/h6-7H,4-5,12H2,1-3H3. The van der Waals surface area contributed by atoms with Crippen LogP contribution in [0, 0.1) is 0 Å². The summed E-state index contributed by atoms with van der Waals surface area (Å²) in [6.07, 6.45) is 5.31. The van der Waals surface area contributed by atoms with E-state index in [9.17, 15) is 0 Å². The van der Waals surface area contributed by atoms with Crippen LogP contribution in [-0.2, 0) is 12.6 Å². The van der Waals surface area contributed by atoms with Gasteiger partial charge in [-0.05, 0) is 13.3 Å². The maximum Gasteiger partial charge on any atom is 0.246 e. The Hall–Kier alpha value is -1.69. The van der Waals surface area contributed by atoms with Crippen molar-refractivity contribution in [3.8, 4) is 11.4 Å². The van der Waals surface area contributed by atoms with Crippen LogP contribution in [-0.4, -0.2) is 19.9 Å². The molecule has 92 valence electrons. The average molecular weight is 235 g/mol. The third-order valence-electron chi connectivity index (χ3n) is 2.65. The van der Waals surface area contributed by atoms with Gasteiger partial charge in [-0.25, -0.2) is 0 Å². The molecule has 0 aliphatic heterocycles. The zero-order valence-electron chi connectivity index (χ0n) is 10.3. The Morgan fingerprint density at radius 2 is 2.29 bits per heavy atom. The van der Waals surface area contributed by atoms with Gasteiger partial charge in [0.15, 0.2) is 0 Å². The minimum Gasteiger partial charge on any atom is -0.337 e. The summed E-state index contributed by atoms with van der Waals surface area (Å²) in [5.41, 5.74) is 6.39. The molecule has 2 aromatic rings. The van der Waals surface area contributed by atoms with Crippen molar-refractivity contribution in [3.63, 3.8) is 0 Å². The second-order valence-electron chi connectivity index (χ2n) is 4.49. The van der Waals surface area contributed by atoms with E-state index in [4.69, 9.17) is 10.3 Å². The van der Waals surface area contributed by atoms with Gasteiger partial charge in [-0.15, -0.1) is 0 Å². The number of aromatic nitrogens is 4. The summed E-state index contributed by atoms with van der Waals surface area (Å²) in [5.74, 6) is 0.999. The molecule has 0 aliphatic rings. The minimum absolute atomic E-state index is 0.471. The van der Waals surface area contributed by atoms with Crippen LogP contribution in [0.4, 0.5) is 0 Å². The van der Waals surface area contributed by atoms with Crippen molar-refractivity contribution in [3.05, 3.63) is 18.3 Å². The highest BCUT2D eigenvalue weighted by Gasteiger charge is 2.27. The maximum absolute atomic E-state index is 6.13. The number of nitrogens with two attached hydrogens (primary N) is 1. The molecule has 2 heterocycles. The Kier molecular flexibility index (Phi) is 2.97. The lowest BCUT2D eigenvalue weighted by atomic mass is 9.98. The summed E-state index contributed by atoms with van der Waals surface area (Å²) in [5, 5.41) is 7.99. The van der Waals surface area contributed by atoms with Gasteiger partial charge in [-0.1, -0.05) is 18.5 Å². The molecular weight excluding hydrogens is 218 g/mol. The maximum atomic E-state index is 6.13.